The normalized spacial score (nSPS) is 30.4. The summed E-state index contributed by atoms with van der Waals surface area (Å²) in [7, 11) is 0. The molecule has 3 heterocycles. The lowest BCUT2D eigenvalue weighted by atomic mass is 9.99. The molecule has 94 valence electrons. The van der Waals surface area contributed by atoms with Crippen molar-refractivity contribution in [1.82, 2.24) is 20.8 Å². The highest BCUT2D eigenvalue weighted by atomic mass is 16.5. The van der Waals surface area contributed by atoms with Crippen molar-refractivity contribution in [3.8, 4) is 0 Å². The van der Waals surface area contributed by atoms with Gasteiger partial charge in [-0.05, 0) is 38.8 Å². The van der Waals surface area contributed by atoms with E-state index in [1.54, 1.807) is 0 Å². The van der Waals surface area contributed by atoms with Crippen LogP contribution < -0.4 is 10.6 Å². The minimum atomic E-state index is 0.304. The number of piperidine rings is 2. The lowest BCUT2D eigenvalue weighted by molar-refractivity contribution is 0.313. The quantitative estimate of drug-likeness (QED) is 0.811. The molecule has 0 radical (unpaired) electrons. The van der Waals surface area contributed by atoms with Crippen LogP contribution in [0.3, 0.4) is 0 Å². The van der Waals surface area contributed by atoms with Crippen LogP contribution in [0.2, 0.25) is 0 Å². The van der Waals surface area contributed by atoms with Crippen LogP contribution in [0.1, 0.15) is 55.8 Å². The van der Waals surface area contributed by atoms with E-state index in [-0.39, 0.29) is 0 Å². The van der Waals surface area contributed by atoms with Crippen LogP contribution in [0.4, 0.5) is 0 Å². The van der Waals surface area contributed by atoms with Crippen molar-refractivity contribution in [2.24, 2.45) is 0 Å². The van der Waals surface area contributed by atoms with Crippen LogP contribution in [-0.4, -0.2) is 29.8 Å². The molecule has 0 bridgehead atoms. The van der Waals surface area contributed by atoms with E-state index in [1.807, 2.05) is 0 Å². The minimum absolute atomic E-state index is 0.304. The average Bonchev–Trinajstić information content (AvgIpc) is 2.90. The van der Waals surface area contributed by atoms with E-state index < -0.39 is 0 Å². The lowest BCUT2D eigenvalue weighted by Gasteiger charge is -2.20. The van der Waals surface area contributed by atoms with E-state index in [1.165, 1.54) is 19.3 Å². The number of aromatic nitrogens is 2. The lowest BCUT2D eigenvalue weighted by Crippen LogP contribution is -2.29. The second-order valence-corrected chi connectivity index (χ2v) is 5.04. The average molecular weight is 236 g/mol. The third-order valence-corrected chi connectivity index (χ3v) is 3.73. The molecule has 2 atom stereocenters. The molecule has 0 saturated carbocycles. The number of nitrogens with zero attached hydrogens (tertiary/aromatic N) is 2. The zero-order valence-corrected chi connectivity index (χ0v) is 10.1. The highest BCUT2D eigenvalue weighted by Crippen LogP contribution is 2.25. The van der Waals surface area contributed by atoms with E-state index in [0.29, 0.717) is 12.0 Å². The van der Waals surface area contributed by atoms with Gasteiger partial charge in [-0.1, -0.05) is 11.6 Å². The zero-order chi connectivity index (χ0) is 11.5. The molecule has 1 aromatic rings. The fourth-order valence-corrected chi connectivity index (χ4v) is 2.69. The van der Waals surface area contributed by atoms with Crippen LogP contribution in [0.15, 0.2) is 4.52 Å². The van der Waals surface area contributed by atoms with E-state index in [4.69, 9.17) is 4.52 Å². The maximum absolute atomic E-state index is 5.42. The van der Waals surface area contributed by atoms with Crippen LogP contribution >= 0.6 is 0 Å². The summed E-state index contributed by atoms with van der Waals surface area (Å²) in [4.78, 5) is 4.58. The summed E-state index contributed by atoms with van der Waals surface area (Å²) >= 11 is 0. The van der Waals surface area contributed by atoms with Crippen LogP contribution in [-0.2, 0) is 0 Å². The summed E-state index contributed by atoms with van der Waals surface area (Å²) in [5.74, 6) is 2.08. The van der Waals surface area contributed by atoms with Gasteiger partial charge in [-0.2, -0.15) is 4.98 Å². The van der Waals surface area contributed by atoms with Crippen molar-refractivity contribution < 1.29 is 4.52 Å². The summed E-state index contributed by atoms with van der Waals surface area (Å²) in [5, 5.41) is 11.0. The van der Waals surface area contributed by atoms with Crippen LogP contribution in [0, 0.1) is 0 Å². The van der Waals surface area contributed by atoms with Crippen molar-refractivity contribution in [2.75, 3.05) is 19.6 Å². The van der Waals surface area contributed by atoms with Crippen molar-refractivity contribution >= 4 is 0 Å². The molecule has 5 heteroatoms. The van der Waals surface area contributed by atoms with Gasteiger partial charge in [-0.15, -0.1) is 0 Å². The van der Waals surface area contributed by atoms with Gasteiger partial charge in [0.2, 0.25) is 5.89 Å². The summed E-state index contributed by atoms with van der Waals surface area (Å²) < 4.78 is 5.42. The number of nitrogens with one attached hydrogen (secondary N) is 2. The Kier molecular flexibility index (Phi) is 3.38. The van der Waals surface area contributed by atoms with E-state index in [9.17, 15) is 0 Å². The van der Waals surface area contributed by atoms with E-state index >= 15 is 0 Å². The first-order valence-corrected chi connectivity index (χ1v) is 6.71. The molecule has 2 aliphatic heterocycles. The largest absolute Gasteiger partial charge is 0.339 e. The number of hydrogen-bond donors (Lipinski definition) is 2. The first kappa shape index (κ1) is 11.2. The predicted octanol–water partition coefficient (Wildman–Crippen LogP) is 1.35. The first-order chi connectivity index (χ1) is 8.43. The summed E-state index contributed by atoms with van der Waals surface area (Å²) in [5.41, 5.74) is 0. The highest BCUT2D eigenvalue weighted by molar-refractivity contribution is 5.00. The molecule has 0 amide bonds. The molecule has 5 nitrogen and oxygen atoms in total. The predicted molar refractivity (Wildman–Crippen MR) is 63.7 cm³/mol. The Morgan fingerprint density at radius 3 is 2.88 bits per heavy atom. The van der Waals surface area contributed by atoms with Gasteiger partial charge in [0.15, 0.2) is 5.82 Å². The van der Waals surface area contributed by atoms with Crippen molar-refractivity contribution in [1.29, 1.82) is 0 Å². The Bertz CT molecular complexity index is 321. The standard InChI is InChI=1S/C12H20N4O/c1-2-7-14-10(5-1)11-15-12(17-16-11)9-4-3-6-13-8-9/h9-10,13-14H,1-8H2. The van der Waals surface area contributed by atoms with Gasteiger partial charge < -0.3 is 15.2 Å². The smallest absolute Gasteiger partial charge is 0.231 e. The molecular weight excluding hydrogens is 216 g/mol. The second kappa shape index (κ2) is 5.14. The monoisotopic (exact) mass is 236 g/mol. The third kappa shape index (κ3) is 2.50. The molecular formula is C12H20N4O. The molecule has 2 unspecified atom stereocenters. The molecule has 17 heavy (non-hydrogen) atoms. The SMILES string of the molecule is C1CCC(c2noc(C3CCCNC3)n2)NC1. The van der Waals surface area contributed by atoms with Gasteiger partial charge in [0.25, 0.3) is 0 Å². The Morgan fingerprint density at radius 2 is 2.12 bits per heavy atom. The summed E-state index contributed by atoms with van der Waals surface area (Å²) in [6.45, 7) is 3.15. The van der Waals surface area contributed by atoms with Gasteiger partial charge in [-0.3, -0.25) is 0 Å². The zero-order valence-electron chi connectivity index (χ0n) is 10.1. The molecule has 3 rings (SSSR count). The van der Waals surface area contributed by atoms with Crippen molar-refractivity contribution in [3.63, 3.8) is 0 Å². The Balaban J connectivity index is 1.68. The maximum atomic E-state index is 5.42. The van der Waals surface area contributed by atoms with Gasteiger partial charge in [0, 0.05) is 6.54 Å². The first-order valence-electron chi connectivity index (χ1n) is 6.71. The Morgan fingerprint density at radius 1 is 1.12 bits per heavy atom. The van der Waals surface area contributed by atoms with Gasteiger partial charge in [0.05, 0.1) is 12.0 Å². The topological polar surface area (TPSA) is 63.0 Å². The van der Waals surface area contributed by atoms with Crippen molar-refractivity contribution in [3.05, 3.63) is 11.7 Å². The Labute approximate surface area is 101 Å². The fraction of sp³-hybridized carbons (Fsp3) is 0.833. The fourth-order valence-electron chi connectivity index (χ4n) is 2.69. The number of hydrogen-bond acceptors (Lipinski definition) is 5. The Hall–Kier alpha value is -0.940. The molecule has 1 aromatic heterocycles. The van der Waals surface area contributed by atoms with Gasteiger partial charge >= 0.3 is 0 Å². The third-order valence-electron chi connectivity index (χ3n) is 3.73. The van der Waals surface area contributed by atoms with E-state index in [0.717, 1.165) is 44.2 Å². The minimum Gasteiger partial charge on any atom is -0.339 e. The maximum Gasteiger partial charge on any atom is 0.231 e. The van der Waals surface area contributed by atoms with Gasteiger partial charge in [0.1, 0.15) is 0 Å². The second-order valence-electron chi connectivity index (χ2n) is 5.04. The van der Waals surface area contributed by atoms with Crippen molar-refractivity contribution in [2.45, 2.75) is 44.1 Å². The van der Waals surface area contributed by atoms with Crippen LogP contribution in [0.25, 0.3) is 0 Å². The molecule has 2 aliphatic rings. The van der Waals surface area contributed by atoms with E-state index in [2.05, 4.69) is 20.8 Å². The molecule has 2 N–H and O–H groups in total. The molecule has 0 aromatic carbocycles. The molecule has 0 aliphatic carbocycles. The highest BCUT2D eigenvalue weighted by Gasteiger charge is 2.25. The molecule has 2 saturated heterocycles. The molecule has 2 fully saturated rings. The van der Waals surface area contributed by atoms with Crippen LogP contribution in [0.5, 0.6) is 0 Å². The summed E-state index contributed by atoms with van der Waals surface area (Å²) in [6.07, 6.45) is 6.00. The summed E-state index contributed by atoms with van der Waals surface area (Å²) in [6, 6.07) is 0.304. The molecule has 0 spiro atoms. The van der Waals surface area contributed by atoms with Gasteiger partial charge in [-0.25, -0.2) is 0 Å². The number of rotatable bonds is 2.